The Bertz CT molecular complexity index is 316. The molecule has 0 atom stereocenters. The van der Waals surface area contributed by atoms with E-state index in [9.17, 15) is 8.42 Å². The van der Waals surface area contributed by atoms with Crippen LogP contribution in [0.3, 0.4) is 0 Å². The zero-order valence-corrected chi connectivity index (χ0v) is 7.77. The lowest BCUT2D eigenvalue weighted by Crippen LogP contribution is -2.30. The van der Waals surface area contributed by atoms with Gasteiger partial charge in [-0.2, -0.15) is 0 Å². The van der Waals surface area contributed by atoms with Crippen LogP contribution in [0.2, 0.25) is 0 Å². The van der Waals surface area contributed by atoms with Gasteiger partial charge in [-0.15, -0.1) is 0 Å². The molecule has 0 spiro atoms. The minimum absolute atomic E-state index is 0.583. The molecule has 0 aromatic heterocycles. The first-order valence-corrected chi connectivity index (χ1v) is 5.33. The summed E-state index contributed by atoms with van der Waals surface area (Å²) in [4.78, 5) is 0. The van der Waals surface area contributed by atoms with Gasteiger partial charge in [0.1, 0.15) is 6.04 Å². The lowest BCUT2D eigenvalue weighted by atomic mass is 10.2. The molecule has 0 saturated carbocycles. The van der Waals surface area contributed by atoms with E-state index in [1.165, 1.54) is 0 Å². The van der Waals surface area contributed by atoms with Crippen molar-refractivity contribution in [2.45, 2.75) is 6.92 Å². The SMILES string of the molecule is C[C]1NC=CC=C1NS(C)(=O)=O. The summed E-state index contributed by atoms with van der Waals surface area (Å²) in [6.45, 7) is 1.80. The predicted octanol–water partition coefficient (Wildman–Crippen LogP) is 0.0883. The summed E-state index contributed by atoms with van der Waals surface area (Å²) >= 11 is 0. The number of hydrogen-bond donors (Lipinski definition) is 2. The number of allylic oxidation sites excluding steroid dienone is 2. The van der Waals surface area contributed by atoms with E-state index in [0.717, 1.165) is 12.3 Å². The predicted molar refractivity (Wildman–Crippen MR) is 47.3 cm³/mol. The van der Waals surface area contributed by atoms with Gasteiger partial charge in [-0.3, -0.25) is 4.72 Å². The summed E-state index contributed by atoms with van der Waals surface area (Å²) < 4.78 is 24.0. The van der Waals surface area contributed by atoms with Crippen LogP contribution in [-0.4, -0.2) is 14.7 Å². The van der Waals surface area contributed by atoms with E-state index in [-0.39, 0.29) is 0 Å². The van der Waals surface area contributed by atoms with Gasteiger partial charge in [0.2, 0.25) is 10.0 Å². The van der Waals surface area contributed by atoms with Crippen molar-refractivity contribution in [1.82, 2.24) is 10.0 Å². The van der Waals surface area contributed by atoms with Crippen molar-refractivity contribution >= 4 is 10.0 Å². The number of rotatable bonds is 2. The monoisotopic (exact) mass is 187 g/mol. The number of dihydropyridines is 1. The fourth-order valence-electron chi connectivity index (χ4n) is 0.831. The molecule has 5 heteroatoms. The van der Waals surface area contributed by atoms with Crippen molar-refractivity contribution in [3.8, 4) is 0 Å². The van der Waals surface area contributed by atoms with Crippen LogP contribution in [0.15, 0.2) is 24.0 Å². The molecule has 1 heterocycles. The number of nitrogens with one attached hydrogen (secondary N) is 2. The van der Waals surface area contributed by atoms with Crippen LogP contribution in [0.4, 0.5) is 0 Å². The highest BCUT2D eigenvalue weighted by molar-refractivity contribution is 7.88. The maximum atomic E-state index is 10.8. The molecule has 1 aliphatic rings. The zero-order valence-electron chi connectivity index (χ0n) is 6.96. The Morgan fingerprint density at radius 2 is 2.17 bits per heavy atom. The summed E-state index contributed by atoms with van der Waals surface area (Å²) in [5.41, 5.74) is 0.583. The normalized spacial score (nSPS) is 18.3. The Kier molecular flexibility index (Phi) is 2.42. The molecule has 67 valence electrons. The molecule has 0 unspecified atom stereocenters. The second kappa shape index (κ2) is 3.18. The van der Waals surface area contributed by atoms with Crippen LogP contribution in [-0.2, 0) is 10.0 Å². The second-order valence-corrected chi connectivity index (χ2v) is 4.33. The van der Waals surface area contributed by atoms with Gasteiger partial charge in [0.25, 0.3) is 0 Å². The molecule has 4 nitrogen and oxygen atoms in total. The molecule has 0 bridgehead atoms. The molecule has 0 saturated heterocycles. The summed E-state index contributed by atoms with van der Waals surface area (Å²) in [6, 6.07) is 0.794. The van der Waals surface area contributed by atoms with E-state index in [0.29, 0.717) is 5.70 Å². The lowest BCUT2D eigenvalue weighted by molar-refractivity contribution is 0.593. The van der Waals surface area contributed by atoms with Gasteiger partial charge in [-0.25, -0.2) is 8.42 Å². The molecule has 1 aliphatic heterocycles. The Hall–Kier alpha value is -0.970. The quantitative estimate of drug-likeness (QED) is 0.644. The molecule has 1 radical (unpaired) electrons. The largest absolute Gasteiger partial charge is 0.378 e. The van der Waals surface area contributed by atoms with E-state index in [4.69, 9.17) is 0 Å². The van der Waals surface area contributed by atoms with Gasteiger partial charge in [0.15, 0.2) is 0 Å². The lowest BCUT2D eigenvalue weighted by Gasteiger charge is -2.18. The molecule has 0 amide bonds. The van der Waals surface area contributed by atoms with Gasteiger partial charge in [0.05, 0.1) is 12.0 Å². The van der Waals surface area contributed by atoms with Gasteiger partial charge < -0.3 is 5.32 Å². The Morgan fingerprint density at radius 3 is 2.67 bits per heavy atom. The standard InChI is InChI=1S/C7H11N2O2S/c1-6-7(4-3-5-8-6)9-12(2,10)11/h3-5,8-9H,1-2H3. The minimum Gasteiger partial charge on any atom is -0.378 e. The van der Waals surface area contributed by atoms with E-state index in [1.54, 1.807) is 25.3 Å². The third kappa shape index (κ3) is 2.58. The Balaban J connectivity index is 2.75. The fraction of sp³-hybridized carbons (Fsp3) is 0.286. The van der Waals surface area contributed by atoms with E-state index < -0.39 is 10.0 Å². The first kappa shape index (κ1) is 9.12. The van der Waals surface area contributed by atoms with Crippen molar-refractivity contribution in [3.63, 3.8) is 0 Å². The van der Waals surface area contributed by atoms with Crippen LogP contribution < -0.4 is 10.0 Å². The molecular formula is C7H11N2O2S. The smallest absolute Gasteiger partial charge is 0.229 e. The van der Waals surface area contributed by atoms with E-state index in [2.05, 4.69) is 10.0 Å². The van der Waals surface area contributed by atoms with Gasteiger partial charge in [-0.05, 0) is 25.3 Å². The zero-order chi connectivity index (χ0) is 9.19. The number of hydrogen-bond acceptors (Lipinski definition) is 3. The molecule has 0 aliphatic carbocycles. The Morgan fingerprint density at radius 1 is 1.50 bits per heavy atom. The highest BCUT2D eigenvalue weighted by Crippen LogP contribution is 2.10. The maximum Gasteiger partial charge on any atom is 0.229 e. The highest BCUT2D eigenvalue weighted by Gasteiger charge is 2.13. The van der Waals surface area contributed by atoms with E-state index in [1.807, 2.05) is 0 Å². The van der Waals surface area contributed by atoms with Crippen molar-refractivity contribution in [2.24, 2.45) is 0 Å². The third-order valence-corrected chi connectivity index (χ3v) is 1.95. The summed E-state index contributed by atoms with van der Waals surface area (Å²) in [5.74, 6) is 0. The Labute approximate surface area is 72.4 Å². The third-order valence-electron chi connectivity index (χ3n) is 1.36. The average Bonchev–Trinajstić information content (AvgIpc) is 1.91. The van der Waals surface area contributed by atoms with E-state index >= 15 is 0 Å². The first-order valence-electron chi connectivity index (χ1n) is 3.44. The van der Waals surface area contributed by atoms with Crippen LogP contribution in [0.1, 0.15) is 6.92 Å². The van der Waals surface area contributed by atoms with Gasteiger partial charge >= 0.3 is 0 Å². The number of sulfonamides is 1. The molecule has 0 aromatic rings. The van der Waals surface area contributed by atoms with Gasteiger partial charge in [-0.1, -0.05) is 0 Å². The minimum atomic E-state index is -3.17. The summed E-state index contributed by atoms with van der Waals surface area (Å²) in [5, 5.41) is 2.90. The summed E-state index contributed by atoms with van der Waals surface area (Å²) in [7, 11) is -3.17. The second-order valence-electron chi connectivity index (χ2n) is 2.58. The van der Waals surface area contributed by atoms with Crippen molar-refractivity contribution < 1.29 is 8.42 Å². The fourth-order valence-corrected chi connectivity index (χ4v) is 1.45. The summed E-state index contributed by atoms with van der Waals surface area (Å²) in [6.07, 6.45) is 6.30. The molecule has 2 N–H and O–H groups in total. The molecule has 0 aromatic carbocycles. The van der Waals surface area contributed by atoms with Crippen molar-refractivity contribution in [2.75, 3.05) is 6.26 Å². The van der Waals surface area contributed by atoms with Crippen LogP contribution in [0.25, 0.3) is 0 Å². The van der Waals surface area contributed by atoms with Crippen LogP contribution >= 0.6 is 0 Å². The van der Waals surface area contributed by atoms with Gasteiger partial charge in [0, 0.05) is 0 Å². The van der Waals surface area contributed by atoms with Crippen molar-refractivity contribution in [3.05, 3.63) is 30.1 Å². The topological polar surface area (TPSA) is 58.2 Å². The molecular weight excluding hydrogens is 176 g/mol. The van der Waals surface area contributed by atoms with Crippen molar-refractivity contribution in [1.29, 1.82) is 0 Å². The molecule has 1 rings (SSSR count). The van der Waals surface area contributed by atoms with Crippen LogP contribution in [0, 0.1) is 6.04 Å². The first-order chi connectivity index (χ1) is 5.49. The highest BCUT2D eigenvalue weighted by atomic mass is 32.2. The van der Waals surface area contributed by atoms with Crippen LogP contribution in [0.5, 0.6) is 0 Å². The molecule has 0 fully saturated rings. The maximum absolute atomic E-state index is 10.8. The average molecular weight is 187 g/mol. The molecule has 12 heavy (non-hydrogen) atoms.